The van der Waals surface area contributed by atoms with Crippen LogP contribution in [0.2, 0.25) is 0 Å². The monoisotopic (exact) mass is 397 g/mol. The molecular weight excluding hydrogens is 380 g/mol. The number of anilines is 3. The van der Waals surface area contributed by atoms with Crippen molar-refractivity contribution in [2.45, 2.75) is 0 Å². The number of nitrogens with two attached hydrogens (primary N) is 1. The molecule has 1 saturated heterocycles. The van der Waals surface area contributed by atoms with Crippen LogP contribution in [0.5, 0.6) is 0 Å². The molecule has 5 heteroatoms. The molecule has 0 aliphatic carbocycles. The van der Waals surface area contributed by atoms with Crippen LogP contribution in [0.25, 0.3) is 0 Å². The second kappa shape index (κ2) is 6.09. The first kappa shape index (κ1) is 14.4. The average molecular weight is 397 g/mol. The normalized spacial score (nSPS) is 15.3. The largest absolute Gasteiger partial charge is 0.399 e. The van der Waals surface area contributed by atoms with Gasteiger partial charge in [-0.15, -0.1) is 0 Å². The van der Waals surface area contributed by atoms with Crippen molar-refractivity contribution in [1.82, 2.24) is 0 Å². The summed E-state index contributed by atoms with van der Waals surface area (Å²) >= 11 is 2.33. The zero-order chi connectivity index (χ0) is 14.8. The summed E-state index contributed by atoms with van der Waals surface area (Å²) in [6.07, 6.45) is 0. The van der Waals surface area contributed by atoms with Gasteiger partial charge in [0.25, 0.3) is 0 Å². The Hall–Kier alpha value is -1.50. The van der Waals surface area contributed by atoms with Gasteiger partial charge in [-0.2, -0.15) is 0 Å². The zero-order valence-electron chi connectivity index (χ0n) is 11.6. The highest BCUT2D eigenvalue weighted by Gasteiger charge is 2.19. The third-order valence-electron chi connectivity index (χ3n) is 3.78. The van der Waals surface area contributed by atoms with Crippen LogP contribution in [0, 0.1) is 9.39 Å². The maximum absolute atomic E-state index is 13.0. The minimum atomic E-state index is -0.186. The number of rotatable bonds is 2. The third kappa shape index (κ3) is 3.23. The van der Waals surface area contributed by atoms with Crippen LogP contribution in [-0.4, -0.2) is 26.2 Å². The molecule has 0 radical (unpaired) electrons. The van der Waals surface area contributed by atoms with Crippen LogP contribution in [0.4, 0.5) is 21.5 Å². The van der Waals surface area contributed by atoms with E-state index in [1.807, 2.05) is 24.3 Å². The minimum absolute atomic E-state index is 0.186. The molecule has 3 nitrogen and oxygen atoms in total. The molecule has 1 aliphatic rings. The first-order chi connectivity index (χ1) is 10.1. The van der Waals surface area contributed by atoms with Gasteiger partial charge in [0.2, 0.25) is 0 Å². The van der Waals surface area contributed by atoms with E-state index >= 15 is 0 Å². The molecule has 0 bridgehead atoms. The van der Waals surface area contributed by atoms with E-state index in [4.69, 9.17) is 5.73 Å². The van der Waals surface area contributed by atoms with Crippen LogP contribution in [0.1, 0.15) is 0 Å². The van der Waals surface area contributed by atoms with Gasteiger partial charge in [-0.3, -0.25) is 0 Å². The predicted octanol–water partition coefficient (Wildman–Crippen LogP) is 3.34. The second-order valence-corrected chi connectivity index (χ2v) is 6.32. The van der Waals surface area contributed by atoms with Crippen molar-refractivity contribution >= 4 is 39.7 Å². The van der Waals surface area contributed by atoms with E-state index in [2.05, 4.69) is 38.5 Å². The van der Waals surface area contributed by atoms with Gasteiger partial charge in [0.1, 0.15) is 5.82 Å². The molecule has 2 aromatic rings. The molecule has 2 N–H and O–H groups in total. The number of halogens is 2. The first-order valence-corrected chi connectivity index (χ1v) is 8.02. The molecule has 0 atom stereocenters. The van der Waals surface area contributed by atoms with Gasteiger partial charge in [-0.05, 0) is 65.1 Å². The summed E-state index contributed by atoms with van der Waals surface area (Å²) < 4.78 is 14.2. The van der Waals surface area contributed by atoms with Gasteiger partial charge >= 0.3 is 0 Å². The quantitative estimate of drug-likeness (QED) is 0.624. The highest BCUT2D eigenvalue weighted by atomic mass is 127. The highest BCUT2D eigenvalue weighted by Crippen LogP contribution is 2.26. The summed E-state index contributed by atoms with van der Waals surface area (Å²) in [7, 11) is 0. The van der Waals surface area contributed by atoms with E-state index in [9.17, 15) is 4.39 Å². The standard InChI is InChI=1S/C16H17FIN3/c17-12-1-4-14(5-2-12)20-7-9-21(10-8-20)16-6-3-13(19)11-15(16)18/h1-6,11H,7-10,19H2. The number of nitrogen functional groups attached to an aromatic ring is 1. The van der Waals surface area contributed by atoms with E-state index in [0.29, 0.717) is 0 Å². The lowest BCUT2D eigenvalue weighted by Gasteiger charge is -2.37. The van der Waals surface area contributed by atoms with E-state index < -0.39 is 0 Å². The van der Waals surface area contributed by atoms with Crippen LogP contribution in [-0.2, 0) is 0 Å². The molecule has 21 heavy (non-hydrogen) atoms. The lowest BCUT2D eigenvalue weighted by molar-refractivity contribution is 0.624. The Morgan fingerprint density at radius 2 is 1.52 bits per heavy atom. The molecule has 110 valence electrons. The fourth-order valence-electron chi connectivity index (χ4n) is 2.64. The van der Waals surface area contributed by atoms with E-state index in [1.54, 1.807) is 0 Å². The van der Waals surface area contributed by atoms with Crippen molar-refractivity contribution in [3.8, 4) is 0 Å². The van der Waals surface area contributed by atoms with Crippen molar-refractivity contribution in [3.63, 3.8) is 0 Å². The zero-order valence-corrected chi connectivity index (χ0v) is 13.8. The molecule has 0 aromatic heterocycles. The van der Waals surface area contributed by atoms with Gasteiger partial charge in [-0.1, -0.05) is 0 Å². The molecule has 0 saturated carbocycles. The summed E-state index contributed by atoms with van der Waals surface area (Å²) in [5, 5.41) is 0. The van der Waals surface area contributed by atoms with Crippen molar-refractivity contribution in [2.24, 2.45) is 0 Å². The highest BCUT2D eigenvalue weighted by molar-refractivity contribution is 14.1. The van der Waals surface area contributed by atoms with E-state index in [-0.39, 0.29) is 5.82 Å². The predicted molar refractivity (Wildman–Crippen MR) is 94.4 cm³/mol. The van der Waals surface area contributed by atoms with Crippen LogP contribution in [0.15, 0.2) is 42.5 Å². The van der Waals surface area contributed by atoms with Crippen molar-refractivity contribution in [3.05, 3.63) is 51.9 Å². The number of nitrogens with zero attached hydrogens (tertiary/aromatic N) is 2. The van der Waals surface area contributed by atoms with Gasteiger partial charge < -0.3 is 15.5 Å². The van der Waals surface area contributed by atoms with Gasteiger partial charge in [0.05, 0.1) is 5.69 Å². The minimum Gasteiger partial charge on any atom is -0.399 e. The van der Waals surface area contributed by atoms with Gasteiger partial charge in [0, 0.05) is 41.1 Å². The van der Waals surface area contributed by atoms with Crippen molar-refractivity contribution < 1.29 is 4.39 Å². The summed E-state index contributed by atoms with van der Waals surface area (Å²) in [6, 6.07) is 12.8. The first-order valence-electron chi connectivity index (χ1n) is 6.94. The molecule has 0 amide bonds. The Morgan fingerprint density at radius 3 is 2.14 bits per heavy atom. The summed E-state index contributed by atoms with van der Waals surface area (Å²) in [5.74, 6) is -0.186. The topological polar surface area (TPSA) is 32.5 Å². The van der Waals surface area contributed by atoms with Crippen LogP contribution < -0.4 is 15.5 Å². The Labute approximate surface area is 137 Å². The Bertz CT molecular complexity index is 622. The van der Waals surface area contributed by atoms with Gasteiger partial charge in [0.15, 0.2) is 0 Å². The molecule has 1 fully saturated rings. The average Bonchev–Trinajstić information content (AvgIpc) is 2.48. The SMILES string of the molecule is Nc1ccc(N2CCN(c3ccc(F)cc3)CC2)c(I)c1. The van der Waals surface area contributed by atoms with Crippen LogP contribution in [0.3, 0.4) is 0 Å². The second-order valence-electron chi connectivity index (χ2n) is 5.16. The number of benzene rings is 2. The molecule has 0 unspecified atom stereocenters. The fraction of sp³-hybridized carbons (Fsp3) is 0.250. The summed E-state index contributed by atoms with van der Waals surface area (Å²) in [6.45, 7) is 3.78. The van der Waals surface area contributed by atoms with Crippen molar-refractivity contribution in [2.75, 3.05) is 41.7 Å². The fourth-order valence-corrected chi connectivity index (χ4v) is 3.52. The van der Waals surface area contributed by atoms with E-state index in [0.717, 1.165) is 37.6 Å². The maximum atomic E-state index is 13.0. The molecular formula is C16H17FIN3. The third-order valence-corrected chi connectivity index (χ3v) is 4.65. The number of piperazine rings is 1. The molecule has 2 aromatic carbocycles. The van der Waals surface area contributed by atoms with Crippen molar-refractivity contribution in [1.29, 1.82) is 0 Å². The number of hydrogen-bond acceptors (Lipinski definition) is 3. The molecule has 3 rings (SSSR count). The number of hydrogen-bond donors (Lipinski definition) is 1. The summed E-state index contributed by atoms with van der Waals surface area (Å²) in [4.78, 5) is 4.67. The molecule has 1 heterocycles. The Balaban J connectivity index is 1.68. The van der Waals surface area contributed by atoms with Crippen LogP contribution >= 0.6 is 22.6 Å². The van der Waals surface area contributed by atoms with E-state index in [1.165, 1.54) is 21.4 Å². The summed E-state index contributed by atoms with van der Waals surface area (Å²) in [5.41, 5.74) is 8.93. The lowest BCUT2D eigenvalue weighted by atomic mass is 10.2. The molecule has 1 aliphatic heterocycles. The lowest BCUT2D eigenvalue weighted by Crippen LogP contribution is -2.46. The Morgan fingerprint density at radius 1 is 0.905 bits per heavy atom. The Kier molecular flexibility index (Phi) is 4.19. The van der Waals surface area contributed by atoms with Gasteiger partial charge in [-0.25, -0.2) is 4.39 Å². The maximum Gasteiger partial charge on any atom is 0.123 e. The smallest absolute Gasteiger partial charge is 0.123 e. The molecule has 0 spiro atoms.